The SMILES string of the molecule is COc1cnc2c(-c3nc4c(C(=O)C5(C)CCC5)cc5c(c4s3)OCCO5)cc(C)cc2n1. The average Bonchev–Trinajstić information content (AvgIpc) is 3.26. The molecule has 6 rings (SSSR count). The molecule has 1 aliphatic heterocycles. The maximum atomic E-state index is 13.6. The summed E-state index contributed by atoms with van der Waals surface area (Å²) < 4.78 is 18.0. The summed E-state index contributed by atoms with van der Waals surface area (Å²) in [5, 5.41) is 0.772. The van der Waals surface area contributed by atoms with Crippen LogP contribution >= 0.6 is 11.3 Å². The normalized spacial score (nSPS) is 16.6. The second-order valence-corrected chi connectivity index (χ2v) is 9.98. The fourth-order valence-electron chi connectivity index (χ4n) is 4.63. The van der Waals surface area contributed by atoms with Crippen LogP contribution in [0.1, 0.15) is 42.1 Å². The van der Waals surface area contributed by atoms with E-state index < -0.39 is 0 Å². The molecular formula is C25H23N3O4S. The average molecular weight is 462 g/mol. The number of nitrogens with zero attached hydrogens (tertiary/aromatic N) is 3. The van der Waals surface area contributed by atoms with Crippen molar-refractivity contribution in [1.82, 2.24) is 15.0 Å². The first kappa shape index (κ1) is 20.4. The number of ether oxygens (including phenoxy) is 3. The van der Waals surface area contributed by atoms with Gasteiger partial charge in [0.15, 0.2) is 17.3 Å². The number of methoxy groups -OCH3 is 1. The van der Waals surface area contributed by atoms with Crippen LogP contribution in [0.25, 0.3) is 31.8 Å². The maximum Gasteiger partial charge on any atom is 0.232 e. The summed E-state index contributed by atoms with van der Waals surface area (Å²) in [7, 11) is 1.58. The third-order valence-corrected chi connectivity index (χ3v) is 7.72. The molecular weight excluding hydrogens is 438 g/mol. The van der Waals surface area contributed by atoms with E-state index in [0.29, 0.717) is 41.7 Å². The molecule has 168 valence electrons. The number of aryl methyl sites for hydroxylation is 1. The first-order valence-electron chi connectivity index (χ1n) is 11.1. The van der Waals surface area contributed by atoms with Gasteiger partial charge >= 0.3 is 0 Å². The third kappa shape index (κ3) is 3.15. The van der Waals surface area contributed by atoms with Crippen molar-refractivity contribution in [2.45, 2.75) is 33.1 Å². The lowest BCUT2D eigenvalue weighted by atomic mass is 9.66. The molecule has 2 aromatic heterocycles. The molecule has 33 heavy (non-hydrogen) atoms. The highest BCUT2D eigenvalue weighted by atomic mass is 32.1. The molecule has 0 N–H and O–H groups in total. The molecule has 0 spiro atoms. The van der Waals surface area contributed by atoms with Gasteiger partial charge in [-0.05, 0) is 43.5 Å². The van der Waals surface area contributed by atoms with Crippen LogP contribution in [0, 0.1) is 12.3 Å². The molecule has 2 aromatic carbocycles. The number of carbonyl (C=O) groups is 1. The summed E-state index contributed by atoms with van der Waals surface area (Å²) in [4.78, 5) is 27.7. The largest absolute Gasteiger partial charge is 0.486 e. The molecule has 1 fully saturated rings. The van der Waals surface area contributed by atoms with Gasteiger partial charge in [-0.1, -0.05) is 13.3 Å². The highest BCUT2D eigenvalue weighted by Gasteiger charge is 2.41. The Balaban J connectivity index is 1.60. The second-order valence-electron chi connectivity index (χ2n) is 8.98. The monoisotopic (exact) mass is 461 g/mol. The Labute approximate surface area is 194 Å². The van der Waals surface area contributed by atoms with Crippen LogP contribution in [-0.4, -0.2) is 41.1 Å². The van der Waals surface area contributed by atoms with E-state index in [9.17, 15) is 4.79 Å². The summed E-state index contributed by atoms with van der Waals surface area (Å²) in [6, 6.07) is 5.86. The van der Waals surface area contributed by atoms with Crippen LogP contribution < -0.4 is 14.2 Å². The van der Waals surface area contributed by atoms with E-state index in [4.69, 9.17) is 19.2 Å². The Kier molecular flexibility index (Phi) is 4.55. The Bertz CT molecular complexity index is 1440. The number of thiazole rings is 1. The van der Waals surface area contributed by atoms with E-state index in [0.717, 1.165) is 51.1 Å². The number of benzene rings is 2. The zero-order valence-corrected chi connectivity index (χ0v) is 19.5. The van der Waals surface area contributed by atoms with E-state index in [1.807, 2.05) is 26.0 Å². The van der Waals surface area contributed by atoms with E-state index in [1.54, 1.807) is 13.3 Å². The first-order chi connectivity index (χ1) is 16.0. The van der Waals surface area contributed by atoms with Crippen molar-refractivity contribution in [1.29, 1.82) is 0 Å². The van der Waals surface area contributed by atoms with Crippen LogP contribution in [0.4, 0.5) is 0 Å². The fourth-order valence-corrected chi connectivity index (χ4v) is 5.73. The van der Waals surface area contributed by atoms with Gasteiger partial charge in [0.2, 0.25) is 5.88 Å². The van der Waals surface area contributed by atoms with Crippen molar-refractivity contribution in [3.63, 3.8) is 0 Å². The van der Waals surface area contributed by atoms with E-state index in [1.165, 1.54) is 11.3 Å². The lowest BCUT2D eigenvalue weighted by molar-refractivity contribution is 0.0665. The summed E-state index contributed by atoms with van der Waals surface area (Å²) >= 11 is 1.50. The Hall–Kier alpha value is -3.26. The van der Waals surface area contributed by atoms with Gasteiger partial charge in [-0.15, -0.1) is 11.3 Å². The van der Waals surface area contributed by atoms with Gasteiger partial charge in [-0.3, -0.25) is 4.79 Å². The molecule has 3 heterocycles. The number of hydrogen-bond acceptors (Lipinski definition) is 8. The Morgan fingerprint density at radius 2 is 1.94 bits per heavy atom. The first-order valence-corrected chi connectivity index (χ1v) is 11.9. The van der Waals surface area contributed by atoms with Crippen molar-refractivity contribution in [2.24, 2.45) is 5.41 Å². The number of fused-ring (bicyclic) bond motifs is 4. The molecule has 0 saturated heterocycles. The number of aromatic nitrogens is 3. The summed E-state index contributed by atoms with van der Waals surface area (Å²) in [6.07, 6.45) is 4.49. The fraction of sp³-hybridized carbons (Fsp3) is 0.360. The van der Waals surface area contributed by atoms with Gasteiger partial charge in [0.05, 0.1) is 29.9 Å². The lowest BCUT2D eigenvalue weighted by Crippen LogP contribution is -2.35. The second kappa shape index (κ2) is 7.38. The van der Waals surface area contributed by atoms with Crippen molar-refractivity contribution >= 4 is 38.4 Å². The molecule has 0 radical (unpaired) electrons. The molecule has 0 bridgehead atoms. The van der Waals surface area contributed by atoms with Gasteiger partial charge in [0.25, 0.3) is 0 Å². The predicted molar refractivity (Wildman–Crippen MR) is 127 cm³/mol. The lowest BCUT2D eigenvalue weighted by Gasteiger charge is -2.36. The maximum absolute atomic E-state index is 13.6. The molecule has 0 amide bonds. The minimum atomic E-state index is -0.335. The molecule has 7 nitrogen and oxygen atoms in total. The number of carbonyl (C=O) groups excluding carboxylic acids is 1. The van der Waals surface area contributed by atoms with Crippen molar-refractivity contribution < 1.29 is 19.0 Å². The minimum Gasteiger partial charge on any atom is -0.486 e. The van der Waals surface area contributed by atoms with E-state index >= 15 is 0 Å². The van der Waals surface area contributed by atoms with Gasteiger partial charge in [-0.25, -0.2) is 15.0 Å². The topological polar surface area (TPSA) is 83.4 Å². The summed E-state index contributed by atoms with van der Waals surface area (Å²) in [5.74, 6) is 1.88. The molecule has 8 heteroatoms. The smallest absolute Gasteiger partial charge is 0.232 e. The summed E-state index contributed by atoms with van der Waals surface area (Å²) in [5.41, 5.74) is 4.35. The van der Waals surface area contributed by atoms with Gasteiger partial charge in [0, 0.05) is 16.5 Å². The van der Waals surface area contributed by atoms with Crippen LogP contribution in [0.3, 0.4) is 0 Å². The van der Waals surface area contributed by atoms with Crippen molar-refractivity contribution in [3.8, 4) is 28.0 Å². The van der Waals surface area contributed by atoms with Crippen LogP contribution in [0.15, 0.2) is 24.4 Å². The molecule has 0 atom stereocenters. The van der Waals surface area contributed by atoms with Gasteiger partial charge in [-0.2, -0.15) is 0 Å². The highest BCUT2D eigenvalue weighted by Crippen LogP contribution is 2.49. The zero-order valence-electron chi connectivity index (χ0n) is 18.7. The highest BCUT2D eigenvalue weighted by molar-refractivity contribution is 7.22. The van der Waals surface area contributed by atoms with Gasteiger partial charge in [0.1, 0.15) is 22.9 Å². The van der Waals surface area contributed by atoms with Crippen LogP contribution in [-0.2, 0) is 0 Å². The van der Waals surface area contributed by atoms with Crippen LogP contribution in [0.5, 0.6) is 17.4 Å². The van der Waals surface area contributed by atoms with E-state index in [2.05, 4.69) is 16.0 Å². The number of Topliss-reactive ketones (excluding diaryl/α,β-unsaturated/α-hetero) is 1. The summed E-state index contributed by atoms with van der Waals surface area (Å²) in [6.45, 7) is 5.00. The number of ketones is 1. The van der Waals surface area contributed by atoms with Crippen molar-refractivity contribution in [3.05, 3.63) is 35.5 Å². The third-order valence-electron chi connectivity index (χ3n) is 6.63. The van der Waals surface area contributed by atoms with Gasteiger partial charge < -0.3 is 14.2 Å². The molecule has 1 saturated carbocycles. The standard InChI is InChI=1S/C25H23N3O4S/c1-13-9-15(19-16(10-13)27-18(30-3)12-26-19)24-28-20-14(23(29)25(2)5-4-6-25)11-17-21(22(20)33-24)32-8-7-31-17/h9-12H,4-8H2,1-3H3. The van der Waals surface area contributed by atoms with Crippen LogP contribution in [0.2, 0.25) is 0 Å². The number of hydrogen-bond donors (Lipinski definition) is 0. The molecule has 0 unspecified atom stereocenters. The minimum absolute atomic E-state index is 0.131. The molecule has 4 aromatic rings. The predicted octanol–water partition coefficient (Wildman–Crippen LogP) is 5.37. The Morgan fingerprint density at radius 3 is 2.70 bits per heavy atom. The van der Waals surface area contributed by atoms with E-state index in [-0.39, 0.29) is 11.2 Å². The number of rotatable bonds is 4. The van der Waals surface area contributed by atoms with Crippen molar-refractivity contribution in [2.75, 3.05) is 20.3 Å². The molecule has 2 aliphatic rings. The Morgan fingerprint density at radius 1 is 1.12 bits per heavy atom. The molecule has 1 aliphatic carbocycles. The zero-order chi connectivity index (χ0) is 22.7. The quantitative estimate of drug-likeness (QED) is 0.378.